The third kappa shape index (κ3) is 34.7. The Morgan fingerprint density at radius 2 is 0.733 bits per heavy atom. The van der Waals surface area contributed by atoms with Crippen molar-refractivity contribution in [3.8, 4) is 0 Å². The van der Waals surface area contributed by atoms with Crippen molar-refractivity contribution in [1.29, 1.82) is 0 Å². The maximum absolute atomic E-state index is 9.10. The highest BCUT2D eigenvalue weighted by Crippen LogP contribution is 1.56. The summed E-state index contributed by atoms with van der Waals surface area (Å²) in [7, 11) is 0. The minimum Gasteiger partial charge on any atom is -0.483 e. The first-order valence-corrected chi connectivity index (χ1v) is 2.70. The molecule has 0 bridgehead atoms. The van der Waals surface area contributed by atoms with Gasteiger partial charge in [0.1, 0.15) is 0 Å². The molecule has 10 nitrogen and oxygen atoms in total. The van der Waals surface area contributed by atoms with Gasteiger partial charge in [-0.1, -0.05) is 0 Å². The van der Waals surface area contributed by atoms with Crippen LogP contribution >= 0.6 is 0 Å². The van der Waals surface area contributed by atoms with Crippen LogP contribution in [-0.4, -0.2) is 55.9 Å². The summed E-state index contributed by atoms with van der Waals surface area (Å²) >= 11 is 0. The van der Waals surface area contributed by atoms with Gasteiger partial charge in [0.25, 0.3) is 6.47 Å². The summed E-state index contributed by atoms with van der Waals surface area (Å²) in [6.07, 6.45) is 0. The predicted molar refractivity (Wildman–Crippen MR) is 39.2 cm³/mol. The van der Waals surface area contributed by atoms with Crippen LogP contribution in [0.15, 0.2) is 0 Å². The molecule has 0 aromatic rings. The number of rotatable bonds is 0. The van der Waals surface area contributed by atoms with Crippen LogP contribution in [0.1, 0.15) is 0 Å². The first kappa shape index (κ1) is 18.2. The van der Waals surface area contributed by atoms with Crippen molar-refractivity contribution in [2.75, 3.05) is 0 Å². The third-order valence-corrected chi connectivity index (χ3v) is 0.366. The number of carboxylic acid groups (broad SMARTS) is 5. The molecule has 0 amide bonds. The smallest absolute Gasteiger partial charge is 0.414 e. The second-order valence-electron chi connectivity index (χ2n) is 1.33. The number of carbonyl (C=O) groups is 5. The Morgan fingerprint density at radius 1 is 0.667 bits per heavy atom. The van der Waals surface area contributed by atoms with Crippen molar-refractivity contribution >= 4 is 30.3 Å². The molecule has 0 rings (SSSR count). The molecule has 0 radical (unpaired) electrons. The Kier molecular flexibility index (Phi) is 13.8. The number of hydrogen-bond acceptors (Lipinski definition) is 5. The van der Waals surface area contributed by atoms with Crippen LogP contribution in [0.4, 0.5) is 0 Å². The topological polar surface area (TPSA) is 186 Å². The number of hydrogen-bond donors (Lipinski definition) is 5. The molecule has 0 heterocycles. The molecule has 0 saturated heterocycles. The van der Waals surface area contributed by atoms with Gasteiger partial charge in [0.05, 0.1) is 0 Å². The second-order valence-corrected chi connectivity index (χ2v) is 1.33. The van der Waals surface area contributed by atoms with E-state index in [1.54, 1.807) is 0 Å². The van der Waals surface area contributed by atoms with Crippen LogP contribution in [0, 0.1) is 0 Å². The van der Waals surface area contributed by atoms with Crippen LogP contribution in [0.5, 0.6) is 0 Å². The fourth-order valence-corrected chi connectivity index (χ4v) is 0. The van der Waals surface area contributed by atoms with Crippen molar-refractivity contribution in [3.63, 3.8) is 0 Å². The number of carboxylic acids is 4. The Balaban J connectivity index is -0.000000153. The first-order valence-electron chi connectivity index (χ1n) is 2.70. The van der Waals surface area contributed by atoms with E-state index >= 15 is 0 Å². The van der Waals surface area contributed by atoms with Crippen LogP contribution in [0.2, 0.25) is 0 Å². The summed E-state index contributed by atoms with van der Waals surface area (Å²) < 4.78 is 0. The maximum atomic E-state index is 9.10. The predicted octanol–water partition coefficient (Wildman–Crippen LogP) is -1.99. The van der Waals surface area contributed by atoms with E-state index in [0.29, 0.717) is 0 Å². The molecule has 5 N–H and O–H groups in total. The van der Waals surface area contributed by atoms with Gasteiger partial charge in [-0.05, 0) is 0 Å². The van der Waals surface area contributed by atoms with Gasteiger partial charge in [0.15, 0.2) is 0 Å². The van der Waals surface area contributed by atoms with Gasteiger partial charge in [-0.3, -0.25) is 4.79 Å². The number of aliphatic carboxylic acids is 4. The highest BCUT2D eigenvalue weighted by atomic mass is 16.4. The van der Waals surface area contributed by atoms with E-state index in [-0.39, 0.29) is 6.47 Å². The normalized spacial score (nSPS) is 6.67. The Labute approximate surface area is 81.0 Å². The Bertz CT molecular complexity index is 205. The van der Waals surface area contributed by atoms with Gasteiger partial charge < -0.3 is 25.5 Å². The SMILES string of the molecule is O=C(O)C(=O)O.O=C(O)C(=O)O.O=CO. The van der Waals surface area contributed by atoms with Gasteiger partial charge in [0, 0.05) is 0 Å². The lowest BCUT2D eigenvalue weighted by Gasteiger charge is -1.72. The molecule has 10 heteroatoms. The second kappa shape index (κ2) is 11.4. The average Bonchev–Trinajstić information content (AvgIpc) is 2.06. The van der Waals surface area contributed by atoms with E-state index in [9.17, 15) is 0 Å². The summed E-state index contributed by atoms with van der Waals surface area (Å²) in [4.78, 5) is 44.8. The van der Waals surface area contributed by atoms with E-state index in [1.165, 1.54) is 0 Å². The lowest BCUT2D eigenvalue weighted by molar-refractivity contribution is -0.159. The molecule has 0 fully saturated rings. The van der Waals surface area contributed by atoms with Crippen molar-refractivity contribution < 1.29 is 49.5 Å². The lowest BCUT2D eigenvalue weighted by Crippen LogP contribution is -2.09. The zero-order valence-corrected chi connectivity index (χ0v) is 6.85. The molecule has 0 atom stereocenters. The van der Waals surface area contributed by atoms with Crippen LogP contribution < -0.4 is 0 Å². The zero-order chi connectivity index (χ0) is 13.0. The van der Waals surface area contributed by atoms with Crippen molar-refractivity contribution in [2.24, 2.45) is 0 Å². The fourth-order valence-electron chi connectivity index (χ4n) is 0. The molecular weight excluding hydrogens is 220 g/mol. The molecule has 0 aliphatic heterocycles. The standard InChI is InChI=1S/2C2H2O4.CH2O2/c2*3-1(4)2(5)6;2-1-3/h2*(H,3,4)(H,5,6);1H,(H,2,3). The molecule has 0 aliphatic rings. The molecule has 15 heavy (non-hydrogen) atoms. The van der Waals surface area contributed by atoms with E-state index in [0.717, 1.165) is 0 Å². The van der Waals surface area contributed by atoms with Gasteiger partial charge >= 0.3 is 23.9 Å². The van der Waals surface area contributed by atoms with E-state index in [2.05, 4.69) is 0 Å². The molecule has 0 unspecified atom stereocenters. The summed E-state index contributed by atoms with van der Waals surface area (Å²) in [5, 5.41) is 36.5. The maximum Gasteiger partial charge on any atom is 0.414 e. The first-order chi connectivity index (χ1) is 6.70. The molecule has 0 aromatic carbocycles. The minimum absolute atomic E-state index is 0.250. The largest absolute Gasteiger partial charge is 0.483 e. The molecular formula is C5H6O10. The summed E-state index contributed by atoms with van der Waals surface area (Å²) in [6.45, 7) is -0.250. The van der Waals surface area contributed by atoms with Crippen molar-refractivity contribution in [2.45, 2.75) is 0 Å². The minimum atomic E-state index is -1.82. The van der Waals surface area contributed by atoms with Crippen molar-refractivity contribution in [3.05, 3.63) is 0 Å². The zero-order valence-electron chi connectivity index (χ0n) is 6.85. The van der Waals surface area contributed by atoms with E-state index < -0.39 is 23.9 Å². The Morgan fingerprint density at radius 3 is 0.733 bits per heavy atom. The van der Waals surface area contributed by atoms with Crippen LogP contribution in [0.3, 0.4) is 0 Å². The lowest BCUT2D eigenvalue weighted by atomic mass is 10.7. The fraction of sp³-hybridized carbons (Fsp3) is 0. The summed E-state index contributed by atoms with van der Waals surface area (Å²) in [6, 6.07) is 0. The molecule has 0 saturated carbocycles. The van der Waals surface area contributed by atoms with Gasteiger partial charge in [-0.15, -0.1) is 0 Å². The van der Waals surface area contributed by atoms with E-state index in [4.69, 9.17) is 49.5 Å². The summed E-state index contributed by atoms with van der Waals surface area (Å²) in [5.41, 5.74) is 0. The quantitative estimate of drug-likeness (QED) is 0.228. The monoisotopic (exact) mass is 226 g/mol. The molecule has 0 aromatic heterocycles. The average molecular weight is 226 g/mol. The molecule has 86 valence electrons. The molecule has 0 spiro atoms. The van der Waals surface area contributed by atoms with Crippen LogP contribution in [0.25, 0.3) is 0 Å². The highest BCUT2D eigenvalue weighted by Gasteiger charge is 2.04. The van der Waals surface area contributed by atoms with Crippen LogP contribution in [-0.2, 0) is 24.0 Å². The summed E-state index contributed by atoms with van der Waals surface area (Å²) in [5.74, 6) is -7.30. The van der Waals surface area contributed by atoms with Gasteiger partial charge in [-0.25, -0.2) is 19.2 Å². The van der Waals surface area contributed by atoms with Gasteiger partial charge in [-0.2, -0.15) is 0 Å². The third-order valence-electron chi connectivity index (χ3n) is 0.366. The highest BCUT2D eigenvalue weighted by molar-refractivity contribution is 6.27. The Hall–Kier alpha value is -2.65. The van der Waals surface area contributed by atoms with Crippen molar-refractivity contribution in [1.82, 2.24) is 0 Å². The van der Waals surface area contributed by atoms with E-state index in [1.807, 2.05) is 0 Å². The molecule has 0 aliphatic carbocycles. The van der Waals surface area contributed by atoms with Gasteiger partial charge in [0.2, 0.25) is 0 Å².